The summed E-state index contributed by atoms with van der Waals surface area (Å²) in [7, 11) is 0. The molecule has 0 spiro atoms. The Morgan fingerprint density at radius 2 is 1.55 bits per heavy atom. The molecule has 2 aromatic carbocycles. The van der Waals surface area contributed by atoms with Gasteiger partial charge in [0.1, 0.15) is 6.54 Å². The van der Waals surface area contributed by atoms with E-state index in [1.165, 1.54) is 31.5 Å². The lowest BCUT2D eigenvalue weighted by Crippen LogP contribution is -3.08. The Bertz CT molecular complexity index is 839. The summed E-state index contributed by atoms with van der Waals surface area (Å²) in [6.07, 6.45) is 4.59. The van der Waals surface area contributed by atoms with Gasteiger partial charge in [-0.15, -0.1) is 0 Å². The predicted molar refractivity (Wildman–Crippen MR) is 114 cm³/mol. The Morgan fingerprint density at radius 3 is 2.21 bits per heavy atom. The highest BCUT2D eigenvalue weighted by Crippen LogP contribution is 2.21. The molecule has 4 rings (SSSR count). The third-order valence-corrected chi connectivity index (χ3v) is 5.96. The highest BCUT2D eigenvalue weighted by atomic mass is 16.2. The van der Waals surface area contributed by atoms with Crippen LogP contribution in [-0.4, -0.2) is 31.4 Å². The summed E-state index contributed by atoms with van der Waals surface area (Å²) in [4.78, 5) is 27.6. The summed E-state index contributed by atoms with van der Waals surface area (Å²) in [6.45, 7) is 5.01. The van der Waals surface area contributed by atoms with Gasteiger partial charge in [0.25, 0.3) is 0 Å². The monoisotopic (exact) mass is 392 g/mol. The average molecular weight is 393 g/mol. The van der Waals surface area contributed by atoms with E-state index in [1.807, 2.05) is 29.2 Å². The van der Waals surface area contributed by atoms with Crippen molar-refractivity contribution in [3.8, 4) is 0 Å². The van der Waals surface area contributed by atoms with Gasteiger partial charge in [0.2, 0.25) is 11.8 Å². The molecular weight excluding hydrogens is 362 g/mol. The number of rotatable bonds is 7. The minimum atomic E-state index is 0.0144. The second kappa shape index (κ2) is 9.23. The van der Waals surface area contributed by atoms with Crippen LogP contribution in [0.5, 0.6) is 0 Å². The first-order chi connectivity index (χ1) is 14.2. The van der Waals surface area contributed by atoms with Crippen molar-refractivity contribution in [2.75, 3.05) is 24.5 Å². The molecule has 2 fully saturated rings. The number of quaternary nitrogens is 1. The van der Waals surface area contributed by atoms with Gasteiger partial charge >= 0.3 is 0 Å². The van der Waals surface area contributed by atoms with E-state index in [1.54, 1.807) is 4.90 Å². The van der Waals surface area contributed by atoms with E-state index >= 15 is 0 Å². The quantitative estimate of drug-likeness (QED) is 0.756. The molecular formula is C24H30N3O2+. The molecule has 2 aliphatic rings. The van der Waals surface area contributed by atoms with Gasteiger partial charge in [0, 0.05) is 43.6 Å². The molecule has 0 saturated carbocycles. The number of carbonyl (C=O) groups is 2. The van der Waals surface area contributed by atoms with Gasteiger partial charge in [-0.05, 0) is 29.7 Å². The lowest BCUT2D eigenvalue weighted by molar-refractivity contribution is -0.901. The molecule has 2 aromatic rings. The van der Waals surface area contributed by atoms with Crippen molar-refractivity contribution in [3.63, 3.8) is 0 Å². The molecule has 2 N–H and O–H groups in total. The summed E-state index contributed by atoms with van der Waals surface area (Å²) in [6, 6.07) is 16.4. The average Bonchev–Trinajstić information content (AvgIpc) is 3.40. The van der Waals surface area contributed by atoms with Gasteiger partial charge in [-0.25, -0.2) is 0 Å². The van der Waals surface area contributed by atoms with Crippen molar-refractivity contribution in [1.29, 1.82) is 0 Å². The van der Waals surface area contributed by atoms with Crippen molar-refractivity contribution in [2.24, 2.45) is 0 Å². The Balaban J connectivity index is 1.23. The van der Waals surface area contributed by atoms with Crippen LogP contribution in [0.2, 0.25) is 0 Å². The molecule has 152 valence electrons. The summed E-state index contributed by atoms with van der Waals surface area (Å²) in [5, 5.41) is 3.01. The minimum Gasteiger partial charge on any atom is -0.352 e. The molecule has 5 heteroatoms. The maximum Gasteiger partial charge on any atom is 0.227 e. The van der Waals surface area contributed by atoms with Gasteiger partial charge in [-0.3, -0.25) is 9.59 Å². The van der Waals surface area contributed by atoms with E-state index in [2.05, 4.69) is 29.6 Å². The predicted octanol–water partition coefficient (Wildman–Crippen LogP) is 1.85. The van der Waals surface area contributed by atoms with E-state index in [0.717, 1.165) is 36.3 Å². The van der Waals surface area contributed by atoms with Gasteiger partial charge in [0.15, 0.2) is 0 Å². The maximum atomic E-state index is 12.3. The second-order valence-corrected chi connectivity index (χ2v) is 8.22. The third-order valence-electron chi connectivity index (χ3n) is 5.96. The zero-order valence-corrected chi connectivity index (χ0v) is 17.0. The van der Waals surface area contributed by atoms with Crippen LogP contribution in [0.15, 0.2) is 48.5 Å². The Labute approximate surface area is 172 Å². The van der Waals surface area contributed by atoms with Gasteiger partial charge in [-0.2, -0.15) is 0 Å². The number of hydrogen-bond donors (Lipinski definition) is 2. The Kier molecular flexibility index (Phi) is 6.25. The van der Waals surface area contributed by atoms with Crippen molar-refractivity contribution in [3.05, 3.63) is 65.2 Å². The molecule has 0 aliphatic carbocycles. The summed E-state index contributed by atoms with van der Waals surface area (Å²) in [5.41, 5.74) is 4.38. The molecule has 5 nitrogen and oxygen atoms in total. The van der Waals surface area contributed by atoms with Crippen LogP contribution in [-0.2, 0) is 29.1 Å². The van der Waals surface area contributed by atoms with E-state index in [-0.39, 0.29) is 11.8 Å². The SMILES string of the molecule is O=C(Cc1ccc(N2CCCC2=O)cc1)NCc1ccc(C[NH+]2CCCC2)cc1. The number of hydrogen-bond acceptors (Lipinski definition) is 2. The van der Waals surface area contributed by atoms with Crippen LogP contribution >= 0.6 is 0 Å². The van der Waals surface area contributed by atoms with Crippen molar-refractivity contribution in [2.45, 2.75) is 45.2 Å². The van der Waals surface area contributed by atoms with E-state index in [4.69, 9.17) is 0 Å². The zero-order valence-electron chi connectivity index (χ0n) is 17.0. The Hall–Kier alpha value is -2.66. The molecule has 0 atom stereocenters. The molecule has 2 saturated heterocycles. The fourth-order valence-corrected chi connectivity index (χ4v) is 4.28. The van der Waals surface area contributed by atoms with Gasteiger partial charge < -0.3 is 15.1 Å². The first-order valence-corrected chi connectivity index (χ1v) is 10.7. The first-order valence-electron chi connectivity index (χ1n) is 10.7. The molecule has 29 heavy (non-hydrogen) atoms. The highest BCUT2D eigenvalue weighted by molar-refractivity contribution is 5.95. The molecule has 2 amide bonds. The van der Waals surface area contributed by atoms with Crippen molar-refractivity contribution < 1.29 is 14.5 Å². The topological polar surface area (TPSA) is 53.9 Å². The van der Waals surface area contributed by atoms with Crippen molar-refractivity contribution >= 4 is 17.5 Å². The molecule has 0 radical (unpaired) electrons. The standard InChI is InChI=1S/C24H29N3O2/c28-23(16-19-9-11-22(12-10-19)27-15-3-4-24(27)29)25-17-20-5-7-21(8-6-20)18-26-13-1-2-14-26/h5-12H,1-4,13-18H2,(H,25,28)/p+1. The van der Waals surface area contributed by atoms with Crippen molar-refractivity contribution in [1.82, 2.24) is 5.32 Å². The molecule has 2 aliphatic heterocycles. The maximum absolute atomic E-state index is 12.3. The Morgan fingerprint density at radius 1 is 0.897 bits per heavy atom. The second-order valence-electron chi connectivity index (χ2n) is 8.22. The number of carbonyl (C=O) groups excluding carboxylic acids is 2. The number of nitrogens with one attached hydrogen (secondary N) is 2. The molecule has 0 bridgehead atoms. The number of nitrogens with zero attached hydrogens (tertiary/aromatic N) is 1. The lowest BCUT2D eigenvalue weighted by atomic mass is 10.1. The normalized spacial score (nSPS) is 17.1. The van der Waals surface area contributed by atoms with Gasteiger partial charge in [0.05, 0.1) is 19.5 Å². The minimum absolute atomic E-state index is 0.0144. The van der Waals surface area contributed by atoms with Crippen LogP contribution < -0.4 is 15.1 Å². The number of likely N-dealkylation sites (tertiary alicyclic amines) is 1. The summed E-state index contributed by atoms with van der Waals surface area (Å²) < 4.78 is 0. The number of amides is 2. The van der Waals surface area contributed by atoms with Crippen LogP contribution in [0.25, 0.3) is 0 Å². The molecule has 0 aromatic heterocycles. The fraction of sp³-hybridized carbons (Fsp3) is 0.417. The first kappa shape index (κ1) is 19.6. The molecule has 0 unspecified atom stereocenters. The lowest BCUT2D eigenvalue weighted by Gasteiger charge is -2.16. The summed E-state index contributed by atoms with van der Waals surface area (Å²) >= 11 is 0. The smallest absolute Gasteiger partial charge is 0.227 e. The van der Waals surface area contributed by atoms with E-state index < -0.39 is 0 Å². The van der Waals surface area contributed by atoms with E-state index in [9.17, 15) is 9.59 Å². The zero-order chi connectivity index (χ0) is 20.1. The largest absolute Gasteiger partial charge is 0.352 e. The third kappa shape index (κ3) is 5.24. The number of anilines is 1. The van der Waals surface area contributed by atoms with Gasteiger partial charge in [-0.1, -0.05) is 36.4 Å². The van der Waals surface area contributed by atoms with Crippen LogP contribution in [0.4, 0.5) is 5.69 Å². The van der Waals surface area contributed by atoms with Crippen LogP contribution in [0, 0.1) is 0 Å². The molecule has 2 heterocycles. The van der Waals surface area contributed by atoms with E-state index in [0.29, 0.717) is 19.4 Å². The fourth-order valence-electron chi connectivity index (χ4n) is 4.28. The highest BCUT2D eigenvalue weighted by Gasteiger charge is 2.21. The summed E-state index contributed by atoms with van der Waals surface area (Å²) in [5.74, 6) is 0.198. The van der Waals surface area contributed by atoms with Crippen LogP contribution in [0.1, 0.15) is 42.4 Å². The number of benzene rings is 2. The van der Waals surface area contributed by atoms with Crippen LogP contribution in [0.3, 0.4) is 0 Å².